The number of aromatic amines is 2. The molecule has 0 bridgehead atoms. The Bertz CT molecular complexity index is 928. The summed E-state index contributed by atoms with van der Waals surface area (Å²) in [7, 11) is 0. The summed E-state index contributed by atoms with van der Waals surface area (Å²) in [5.41, 5.74) is 6.76. The van der Waals surface area contributed by atoms with Crippen molar-refractivity contribution < 1.29 is 0 Å². The van der Waals surface area contributed by atoms with Crippen LogP contribution in [0.25, 0.3) is 33.2 Å². The van der Waals surface area contributed by atoms with E-state index in [1.54, 1.807) is 0 Å². The van der Waals surface area contributed by atoms with Crippen LogP contribution in [-0.4, -0.2) is 15.2 Å². The fraction of sp³-hybridized carbons (Fsp3) is 0.118. The van der Waals surface area contributed by atoms with Gasteiger partial charge in [-0.25, -0.2) is 0 Å². The van der Waals surface area contributed by atoms with Crippen molar-refractivity contribution in [3.8, 4) is 11.4 Å². The van der Waals surface area contributed by atoms with Crippen molar-refractivity contribution in [2.45, 2.75) is 13.8 Å². The second-order valence-corrected chi connectivity index (χ2v) is 5.39. The number of fused-ring (bicyclic) bond motifs is 2. The summed E-state index contributed by atoms with van der Waals surface area (Å²) in [5, 5.41) is 9.95. The van der Waals surface area contributed by atoms with Crippen molar-refractivity contribution in [3.05, 3.63) is 53.6 Å². The van der Waals surface area contributed by atoms with Gasteiger partial charge in [-0.05, 0) is 43.2 Å². The van der Waals surface area contributed by atoms with Crippen LogP contribution in [0.1, 0.15) is 11.1 Å². The molecule has 0 aliphatic rings. The van der Waals surface area contributed by atoms with Crippen molar-refractivity contribution in [1.29, 1.82) is 0 Å². The van der Waals surface area contributed by atoms with Gasteiger partial charge in [0.25, 0.3) is 0 Å². The molecule has 0 saturated carbocycles. The number of H-pyrrole nitrogens is 2. The molecule has 0 amide bonds. The third kappa shape index (κ3) is 1.63. The molecule has 20 heavy (non-hydrogen) atoms. The Morgan fingerprint density at radius 2 is 1.60 bits per heavy atom. The number of aryl methyl sites for hydroxylation is 2. The second kappa shape index (κ2) is 3.97. The van der Waals surface area contributed by atoms with E-state index >= 15 is 0 Å². The van der Waals surface area contributed by atoms with Crippen LogP contribution >= 0.6 is 0 Å². The SMILES string of the molecule is Cc1ccc2cc(-c3n[nH]c4cc(C)ccc34)[nH]c2c1. The Morgan fingerprint density at radius 3 is 2.45 bits per heavy atom. The smallest absolute Gasteiger partial charge is 0.116 e. The van der Waals surface area contributed by atoms with Gasteiger partial charge in [-0.15, -0.1) is 0 Å². The van der Waals surface area contributed by atoms with Crippen molar-refractivity contribution >= 4 is 21.8 Å². The highest BCUT2D eigenvalue weighted by atomic mass is 15.1. The Labute approximate surface area is 116 Å². The van der Waals surface area contributed by atoms with Crippen LogP contribution < -0.4 is 0 Å². The zero-order chi connectivity index (χ0) is 13.7. The van der Waals surface area contributed by atoms with Crippen LogP contribution in [0.3, 0.4) is 0 Å². The molecule has 0 radical (unpaired) electrons. The average molecular weight is 261 g/mol. The zero-order valence-electron chi connectivity index (χ0n) is 11.5. The monoisotopic (exact) mass is 261 g/mol. The second-order valence-electron chi connectivity index (χ2n) is 5.39. The molecule has 0 spiro atoms. The maximum atomic E-state index is 4.47. The molecular formula is C17H15N3. The Morgan fingerprint density at radius 1 is 0.850 bits per heavy atom. The van der Waals surface area contributed by atoms with Crippen molar-refractivity contribution in [2.75, 3.05) is 0 Å². The van der Waals surface area contributed by atoms with Gasteiger partial charge < -0.3 is 4.98 Å². The lowest BCUT2D eigenvalue weighted by Gasteiger charge is -1.95. The van der Waals surface area contributed by atoms with Gasteiger partial charge in [-0.2, -0.15) is 5.10 Å². The fourth-order valence-corrected chi connectivity index (χ4v) is 2.71. The van der Waals surface area contributed by atoms with Crippen molar-refractivity contribution in [2.24, 2.45) is 0 Å². The number of nitrogens with zero attached hydrogens (tertiary/aromatic N) is 1. The van der Waals surface area contributed by atoms with E-state index in [1.807, 2.05) is 0 Å². The van der Waals surface area contributed by atoms with E-state index in [0.29, 0.717) is 0 Å². The Hall–Kier alpha value is -2.55. The molecule has 4 aromatic rings. The minimum atomic E-state index is 0.980. The van der Waals surface area contributed by atoms with Crippen molar-refractivity contribution in [3.63, 3.8) is 0 Å². The molecule has 2 N–H and O–H groups in total. The molecule has 98 valence electrons. The summed E-state index contributed by atoms with van der Waals surface area (Å²) in [4.78, 5) is 3.46. The third-order valence-electron chi connectivity index (χ3n) is 3.75. The standard InChI is InChI=1S/C17H15N3/c1-10-3-5-12-9-16(18-14(12)7-10)17-13-6-4-11(2)8-15(13)19-20-17/h3-9,18H,1-2H3,(H,19,20). The maximum Gasteiger partial charge on any atom is 0.116 e. The van der Waals surface area contributed by atoms with Gasteiger partial charge in [0.2, 0.25) is 0 Å². The number of benzene rings is 2. The summed E-state index contributed by atoms with van der Waals surface area (Å²) in [6.07, 6.45) is 0. The van der Waals surface area contributed by atoms with Gasteiger partial charge in [-0.1, -0.05) is 24.3 Å². The van der Waals surface area contributed by atoms with Gasteiger partial charge in [0.05, 0.1) is 11.2 Å². The van der Waals surface area contributed by atoms with E-state index in [0.717, 1.165) is 27.8 Å². The van der Waals surface area contributed by atoms with Crippen LogP contribution in [0.4, 0.5) is 0 Å². The third-order valence-corrected chi connectivity index (χ3v) is 3.75. The first-order valence-corrected chi connectivity index (χ1v) is 6.75. The fourth-order valence-electron chi connectivity index (χ4n) is 2.71. The molecule has 2 aromatic carbocycles. The van der Waals surface area contributed by atoms with Gasteiger partial charge in [0.1, 0.15) is 5.69 Å². The van der Waals surface area contributed by atoms with Gasteiger partial charge in [-0.3, -0.25) is 5.10 Å². The molecule has 0 aliphatic carbocycles. The largest absolute Gasteiger partial charge is 0.353 e. The first-order chi connectivity index (χ1) is 9.70. The highest BCUT2D eigenvalue weighted by Crippen LogP contribution is 2.29. The minimum Gasteiger partial charge on any atom is -0.353 e. The first kappa shape index (κ1) is 11.3. The van der Waals surface area contributed by atoms with Crippen LogP contribution in [-0.2, 0) is 0 Å². The van der Waals surface area contributed by atoms with E-state index in [2.05, 4.69) is 71.5 Å². The lowest BCUT2D eigenvalue weighted by molar-refractivity contribution is 1.12. The molecule has 0 saturated heterocycles. The van der Waals surface area contributed by atoms with E-state index in [9.17, 15) is 0 Å². The molecule has 0 unspecified atom stereocenters. The summed E-state index contributed by atoms with van der Waals surface area (Å²) >= 11 is 0. The van der Waals surface area contributed by atoms with E-state index < -0.39 is 0 Å². The average Bonchev–Trinajstić information content (AvgIpc) is 3.00. The topological polar surface area (TPSA) is 44.5 Å². The summed E-state index contributed by atoms with van der Waals surface area (Å²) < 4.78 is 0. The lowest BCUT2D eigenvalue weighted by atomic mass is 10.1. The summed E-state index contributed by atoms with van der Waals surface area (Å²) in [5.74, 6) is 0. The molecule has 0 aliphatic heterocycles. The van der Waals surface area contributed by atoms with Crippen LogP contribution in [0.15, 0.2) is 42.5 Å². The number of rotatable bonds is 1. The number of aromatic nitrogens is 3. The van der Waals surface area contributed by atoms with Crippen LogP contribution in [0.5, 0.6) is 0 Å². The zero-order valence-corrected chi connectivity index (χ0v) is 11.5. The highest BCUT2D eigenvalue weighted by molar-refractivity contribution is 5.95. The van der Waals surface area contributed by atoms with E-state index in [4.69, 9.17) is 0 Å². The molecule has 0 fully saturated rings. The molecule has 2 heterocycles. The molecular weight excluding hydrogens is 246 g/mol. The molecule has 3 heteroatoms. The molecule has 2 aromatic heterocycles. The Balaban J connectivity index is 1.96. The maximum absolute atomic E-state index is 4.47. The quantitative estimate of drug-likeness (QED) is 0.526. The highest BCUT2D eigenvalue weighted by Gasteiger charge is 2.10. The summed E-state index contributed by atoms with van der Waals surface area (Å²) in [6.45, 7) is 4.19. The molecule has 0 atom stereocenters. The lowest BCUT2D eigenvalue weighted by Crippen LogP contribution is -1.78. The van der Waals surface area contributed by atoms with Gasteiger partial charge in [0.15, 0.2) is 0 Å². The van der Waals surface area contributed by atoms with E-state index in [-0.39, 0.29) is 0 Å². The number of hydrogen-bond acceptors (Lipinski definition) is 1. The van der Waals surface area contributed by atoms with Crippen LogP contribution in [0.2, 0.25) is 0 Å². The Kier molecular flexibility index (Phi) is 2.24. The van der Waals surface area contributed by atoms with Gasteiger partial charge in [0, 0.05) is 16.3 Å². The number of nitrogens with one attached hydrogen (secondary N) is 2. The molecule has 3 nitrogen and oxygen atoms in total. The van der Waals surface area contributed by atoms with E-state index in [1.165, 1.54) is 16.5 Å². The number of hydrogen-bond donors (Lipinski definition) is 2. The van der Waals surface area contributed by atoms with Crippen LogP contribution in [0, 0.1) is 13.8 Å². The predicted molar refractivity (Wildman–Crippen MR) is 82.9 cm³/mol. The minimum absolute atomic E-state index is 0.980. The first-order valence-electron chi connectivity index (χ1n) is 6.75. The summed E-state index contributed by atoms with van der Waals surface area (Å²) in [6, 6.07) is 15.0. The predicted octanol–water partition coefficient (Wildman–Crippen LogP) is 4.33. The van der Waals surface area contributed by atoms with Gasteiger partial charge >= 0.3 is 0 Å². The van der Waals surface area contributed by atoms with Crippen molar-refractivity contribution in [1.82, 2.24) is 15.2 Å². The molecule has 4 rings (SSSR count). The normalized spacial score (nSPS) is 11.5.